The molecule has 182 valence electrons. The van der Waals surface area contributed by atoms with Gasteiger partial charge in [-0.15, -0.1) is 0 Å². The van der Waals surface area contributed by atoms with Crippen molar-refractivity contribution in [3.8, 4) is 11.1 Å². The highest BCUT2D eigenvalue weighted by Crippen LogP contribution is 2.54. The van der Waals surface area contributed by atoms with Crippen molar-refractivity contribution in [2.75, 3.05) is 10.2 Å². The van der Waals surface area contributed by atoms with Crippen molar-refractivity contribution in [3.63, 3.8) is 0 Å². The van der Waals surface area contributed by atoms with Gasteiger partial charge in [-0.2, -0.15) is 0 Å². The third-order valence-electron chi connectivity index (χ3n) is 7.33. The van der Waals surface area contributed by atoms with Gasteiger partial charge in [-0.3, -0.25) is 10.1 Å². The molecule has 6 aromatic rings. The quantitative estimate of drug-likeness (QED) is 0.151. The number of hydrogen-bond donors (Lipinski definition) is 1. The molecule has 1 heterocycles. The van der Waals surface area contributed by atoms with Crippen LogP contribution in [-0.4, -0.2) is 4.92 Å². The van der Waals surface area contributed by atoms with Gasteiger partial charge in [-0.1, -0.05) is 97.1 Å². The number of nitrogens with zero attached hydrogens (tertiary/aromatic N) is 2. The van der Waals surface area contributed by atoms with Crippen molar-refractivity contribution in [2.45, 2.75) is 6.17 Å². The Hall–Kier alpha value is -5.16. The lowest BCUT2D eigenvalue weighted by Gasteiger charge is -2.28. The van der Waals surface area contributed by atoms with E-state index in [0.717, 1.165) is 49.7 Å². The zero-order chi connectivity index (χ0) is 25.6. The minimum absolute atomic E-state index is 0.0839. The Labute approximate surface area is 219 Å². The van der Waals surface area contributed by atoms with E-state index in [2.05, 4.69) is 52.7 Å². The van der Waals surface area contributed by atoms with Gasteiger partial charge in [-0.25, -0.2) is 0 Å². The Morgan fingerprint density at radius 3 is 2.05 bits per heavy atom. The molecule has 0 aliphatic carbocycles. The third-order valence-corrected chi connectivity index (χ3v) is 7.33. The molecule has 1 N–H and O–H groups in total. The standard InChI is InChI=1S/C33H23N3O2/c37-36(38)30-20-19-29-32(35(24-14-5-2-6-15-24)33(34-29)22-11-3-1-4-12-22)31(30)28-21-23-13-7-8-16-25(23)26-17-9-10-18-27(26)28/h1-21,33-34H. The summed E-state index contributed by atoms with van der Waals surface area (Å²) in [4.78, 5) is 14.5. The van der Waals surface area contributed by atoms with Crippen LogP contribution in [0, 0.1) is 10.1 Å². The maximum atomic E-state index is 12.6. The van der Waals surface area contributed by atoms with Gasteiger partial charge in [0.1, 0.15) is 6.17 Å². The number of hydrogen-bond acceptors (Lipinski definition) is 4. The number of fused-ring (bicyclic) bond motifs is 4. The first kappa shape index (κ1) is 22.1. The molecule has 0 fully saturated rings. The van der Waals surface area contributed by atoms with Crippen LogP contribution < -0.4 is 10.2 Å². The van der Waals surface area contributed by atoms with Crippen LogP contribution in [0.3, 0.4) is 0 Å². The van der Waals surface area contributed by atoms with Crippen molar-refractivity contribution in [1.82, 2.24) is 0 Å². The number of nitro benzene ring substituents is 1. The summed E-state index contributed by atoms with van der Waals surface area (Å²) < 4.78 is 0. The molecular weight excluding hydrogens is 470 g/mol. The predicted octanol–water partition coefficient (Wildman–Crippen LogP) is 8.83. The smallest absolute Gasteiger partial charge is 0.279 e. The number of para-hydroxylation sites is 1. The van der Waals surface area contributed by atoms with Gasteiger partial charge in [0.2, 0.25) is 0 Å². The lowest BCUT2D eigenvalue weighted by molar-refractivity contribution is -0.384. The van der Waals surface area contributed by atoms with Crippen LogP contribution in [0.25, 0.3) is 32.7 Å². The molecule has 1 atom stereocenters. The lowest BCUT2D eigenvalue weighted by Crippen LogP contribution is -2.23. The second-order valence-electron chi connectivity index (χ2n) is 9.47. The number of anilines is 3. The van der Waals surface area contributed by atoms with Crippen molar-refractivity contribution in [3.05, 3.63) is 143 Å². The average Bonchev–Trinajstić information content (AvgIpc) is 3.37. The average molecular weight is 494 g/mol. The second kappa shape index (κ2) is 8.75. The number of benzene rings is 6. The Morgan fingerprint density at radius 2 is 1.32 bits per heavy atom. The monoisotopic (exact) mass is 493 g/mol. The van der Waals surface area contributed by atoms with Gasteiger partial charge in [0, 0.05) is 11.8 Å². The first-order valence-electron chi connectivity index (χ1n) is 12.6. The van der Waals surface area contributed by atoms with Crippen LogP contribution in [0.5, 0.6) is 0 Å². The molecule has 0 bridgehead atoms. The van der Waals surface area contributed by atoms with Crippen LogP contribution in [0.15, 0.2) is 127 Å². The van der Waals surface area contributed by atoms with E-state index in [0.29, 0.717) is 5.56 Å². The van der Waals surface area contributed by atoms with Crippen LogP contribution in [-0.2, 0) is 0 Å². The fraction of sp³-hybridized carbons (Fsp3) is 0.0303. The third kappa shape index (κ3) is 3.40. The minimum Gasteiger partial charge on any atom is -0.359 e. The van der Waals surface area contributed by atoms with Crippen LogP contribution in [0.1, 0.15) is 11.7 Å². The molecule has 0 radical (unpaired) electrons. The number of rotatable bonds is 4. The Kier molecular flexibility index (Phi) is 5.08. The van der Waals surface area contributed by atoms with Gasteiger partial charge in [0.05, 0.1) is 21.9 Å². The molecule has 0 saturated carbocycles. The van der Waals surface area contributed by atoms with Crippen molar-refractivity contribution < 1.29 is 4.92 Å². The summed E-state index contributed by atoms with van der Waals surface area (Å²) in [6.07, 6.45) is -0.221. The Bertz CT molecular complexity index is 1830. The van der Waals surface area contributed by atoms with Gasteiger partial charge in [0.25, 0.3) is 5.69 Å². The highest BCUT2D eigenvalue weighted by molar-refractivity contribution is 6.16. The van der Waals surface area contributed by atoms with E-state index in [1.54, 1.807) is 6.07 Å². The molecule has 5 heteroatoms. The highest BCUT2D eigenvalue weighted by Gasteiger charge is 2.37. The molecule has 1 aliphatic heterocycles. The topological polar surface area (TPSA) is 58.4 Å². The van der Waals surface area contributed by atoms with Gasteiger partial charge < -0.3 is 10.2 Å². The van der Waals surface area contributed by atoms with E-state index >= 15 is 0 Å². The number of nitrogens with one attached hydrogen (secondary N) is 1. The molecule has 5 nitrogen and oxygen atoms in total. The summed E-state index contributed by atoms with van der Waals surface area (Å²) in [6.45, 7) is 0. The predicted molar refractivity (Wildman–Crippen MR) is 155 cm³/mol. The van der Waals surface area contributed by atoms with E-state index < -0.39 is 0 Å². The summed E-state index contributed by atoms with van der Waals surface area (Å²) in [7, 11) is 0. The molecule has 1 unspecified atom stereocenters. The van der Waals surface area contributed by atoms with Crippen LogP contribution in [0.4, 0.5) is 22.7 Å². The maximum Gasteiger partial charge on any atom is 0.279 e. The molecule has 0 saturated heterocycles. The molecule has 0 spiro atoms. The first-order valence-corrected chi connectivity index (χ1v) is 12.6. The largest absolute Gasteiger partial charge is 0.359 e. The summed E-state index contributed by atoms with van der Waals surface area (Å²) in [5.41, 5.74) is 5.24. The molecule has 7 rings (SSSR count). The van der Waals surface area contributed by atoms with Crippen molar-refractivity contribution in [1.29, 1.82) is 0 Å². The summed E-state index contributed by atoms with van der Waals surface area (Å²) in [6, 6.07) is 42.2. The normalized spacial score (nSPS) is 14.4. The summed E-state index contributed by atoms with van der Waals surface area (Å²) >= 11 is 0. The molecule has 6 aromatic carbocycles. The summed E-state index contributed by atoms with van der Waals surface area (Å²) in [5, 5.41) is 20.5. The van der Waals surface area contributed by atoms with Crippen molar-refractivity contribution >= 4 is 44.3 Å². The Morgan fingerprint density at radius 1 is 0.684 bits per heavy atom. The fourth-order valence-corrected chi connectivity index (χ4v) is 5.70. The molecule has 38 heavy (non-hydrogen) atoms. The van der Waals surface area contributed by atoms with Gasteiger partial charge in [-0.05, 0) is 56.9 Å². The molecular formula is C33H23N3O2. The number of nitro groups is 1. The highest BCUT2D eigenvalue weighted by atomic mass is 16.6. The van der Waals surface area contributed by atoms with Gasteiger partial charge in [0.15, 0.2) is 0 Å². The lowest BCUT2D eigenvalue weighted by atomic mass is 9.91. The second-order valence-corrected chi connectivity index (χ2v) is 9.47. The Balaban J connectivity index is 1.59. The van der Waals surface area contributed by atoms with E-state index in [9.17, 15) is 10.1 Å². The SMILES string of the molecule is O=[N+]([O-])c1ccc2c(c1-c1cc3ccccc3c3ccccc13)N(c1ccccc1)C(c1ccccc1)N2. The maximum absolute atomic E-state index is 12.6. The zero-order valence-electron chi connectivity index (χ0n) is 20.4. The minimum atomic E-state index is -0.265. The van der Waals surface area contributed by atoms with E-state index in [4.69, 9.17) is 0 Å². The zero-order valence-corrected chi connectivity index (χ0v) is 20.4. The molecule has 0 amide bonds. The van der Waals surface area contributed by atoms with E-state index in [1.807, 2.05) is 78.9 Å². The first-order chi connectivity index (χ1) is 18.7. The van der Waals surface area contributed by atoms with Crippen molar-refractivity contribution in [2.24, 2.45) is 0 Å². The molecule has 1 aliphatic rings. The molecule has 0 aromatic heterocycles. The van der Waals surface area contributed by atoms with Gasteiger partial charge >= 0.3 is 0 Å². The fourth-order valence-electron chi connectivity index (χ4n) is 5.70. The van der Waals surface area contributed by atoms with Crippen LogP contribution >= 0.6 is 0 Å². The van der Waals surface area contributed by atoms with Crippen LogP contribution in [0.2, 0.25) is 0 Å². The van der Waals surface area contributed by atoms with E-state index in [-0.39, 0.29) is 16.8 Å². The van der Waals surface area contributed by atoms with E-state index in [1.165, 1.54) is 0 Å². The summed E-state index contributed by atoms with van der Waals surface area (Å²) in [5.74, 6) is 0.